The van der Waals surface area contributed by atoms with E-state index in [0.717, 1.165) is 32.5 Å². The lowest BCUT2D eigenvalue weighted by Gasteiger charge is -2.37. The Bertz CT molecular complexity index is 345. The van der Waals surface area contributed by atoms with Crippen molar-refractivity contribution in [3.8, 4) is 0 Å². The second-order valence-electron chi connectivity index (χ2n) is 6.61. The van der Waals surface area contributed by atoms with E-state index in [0.29, 0.717) is 12.0 Å². The van der Waals surface area contributed by atoms with Crippen molar-refractivity contribution < 1.29 is 4.79 Å². The third-order valence-electron chi connectivity index (χ3n) is 4.92. The van der Waals surface area contributed by atoms with Gasteiger partial charge in [-0.1, -0.05) is 6.92 Å². The summed E-state index contributed by atoms with van der Waals surface area (Å²) in [6.45, 7) is 5.77. The van der Waals surface area contributed by atoms with Crippen LogP contribution in [0, 0.1) is 5.92 Å². The van der Waals surface area contributed by atoms with Gasteiger partial charge in [0.05, 0.1) is 0 Å². The van der Waals surface area contributed by atoms with Crippen LogP contribution >= 0.6 is 0 Å². The van der Waals surface area contributed by atoms with Gasteiger partial charge in [0.15, 0.2) is 0 Å². The highest BCUT2D eigenvalue weighted by Crippen LogP contribution is 2.40. The van der Waals surface area contributed by atoms with E-state index in [9.17, 15) is 4.79 Å². The summed E-state index contributed by atoms with van der Waals surface area (Å²) in [5.41, 5.74) is 5.22. The highest BCUT2D eigenvalue weighted by atomic mass is 16.1. The van der Waals surface area contributed by atoms with E-state index in [-0.39, 0.29) is 5.91 Å². The molecule has 0 aromatic heterocycles. The molecule has 0 spiro atoms. The Morgan fingerprint density at radius 3 is 2.60 bits per heavy atom. The maximum atomic E-state index is 12.1. The molecule has 1 aliphatic carbocycles. The van der Waals surface area contributed by atoms with E-state index in [1.807, 2.05) is 6.92 Å². The van der Waals surface area contributed by atoms with Crippen molar-refractivity contribution in [1.82, 2.24) is 15.1 Å². The maximum absolute atomic E-state index is 12.1. The number of likely N-dealkylation sites (tertiary alicyclic amines) is 1. The van der Waals surface area contributed by atoms with Gasteiger partial charge in [0, 0.05) is 19.1 Å². The Hall–Kier alpha value is -0.650. The van der Waals surface area contributed by atoms with Crippen molar-refractivity contribution in [1.29, 1.82) is 0 Å². The van der Waals surface area contributed by atoms with E-state index in [2.05, 4.69) is 29.2 Å². The predicted octanol–water partition coefficient (Wildman–Crippen LogP) is 0.256. The van der Waals surface area contributed by atoms with Crippen molar-refractivity contribution in [3.05, 3.63) is 0 Å². The summed E-state index contributed by atoms with van der Waals surface area (Å²) in [4.78, 5) is 16.8. The smallest absolute Gasteiger partial charge is 0.239 e. The fourth-order valence-electron chi connectivity index (χ4n) is 3.65. The van der Waals surface area contributed by atoms with E-state index in [1.54, 1.807) is 0 Å². The van der Waals surface area contributed by atoms with E-state index in [4.69, 9.17) is 5.73 Å². The average Bonchev–Trinajstić information content (AvgIpc) is 3.15. The summed E-state index contributed by atoms with van der Waals surface area (Å²) < 4.78 is 0. The van der Waals surface area contributed by atoms with Gasteiger partial charge in [0.1, 0.15) is 5.54 Å². The molecule has 2 rings (SSSR count). The summed E-state index contributed by atoms with van der Waals surface area (Å²) in [6, 6.07) is 0.617. The number of nitrogens with zero attached hydrogens (tertiary/aromatic N) is 2. The maximum Gasteiger partial charge on any atom is 0.239 e. The Labute approximate surface area is 122 Å². The summed E-state index contributed by atoms with van der Waals surface area (Å²) >= 11 is 0. The van der Waals surface area contributed by atoms with Crippen LogP contribution in [-0.2, 0) is 4.79 Å². The molecule has 1 heterocycles. The summed E-state index contributed by atoms with van der Waals surface area (Å²) in [5, 5.41) is 3.39. The monoisotopic (exact) mass is 282 g/mol. The summed E-state index contributed by atoms with van der Waals surface area (Å²) in [6.07, 6.45) is 4.78. The van der Waals surface area contributed by atoms with Crippen molar-refractivity contribution >= 4 is 5.91 Å². The highest BCUT2D eigenvalue weighted by molar-refractivity contribution is 5.86. The largest absolute Gasteiger partial charge is 0.368 e. The first-order valence-electron chi connectivity index (χ1n) is 7.93. The zero-order valence-electron chi connectivity index (χ0n) is 13.2. The Morgan fingerprint density at radius 2 is 2.15 bits per heavy atom. The van der Waals surface area contributed by atoms with Crippen LogP contribution in [0.5, 0.6) is 0 Å². The number of nitrogens with two attached hydrogens (primary N) is 1. The molecule has 2 fully saturated rings. The third-order valence-corrected chi connectivity index (χ3v) is 4.92. The molecule has 1 saturated heterocycles. The third kappa shape index (κ3) is 3.32. The van der Waals surface area contributed by atoms with Crippen molar-refractivity contribution in [2.24, 2.45) is 11.7 Å². The van der Waals surface area contributed by atoms with Gasteiger partial charge in [-0.3, -0.25) is 4.79 Å². The molecule has 0 bridgehead atoms. The predicted molar refractivity (Wildman–Crippen MR) is 81.5 cm³/mol. The Kier molecular flexibility index (Phi) is 5.04. The van der Waals surface area contributed by atoms with E-state index >= 15 is 0 Å². The van der Waals surface area contributed by atoms with Crippen molar-refractivity contribution in [2.75, 3.05) is 40.3 Å². The lowest BCUT2D eigenvalue weighted by atomic mass is 9.91. The molecule has 5 nitrogen and oxygen atoms in total. The molecule has 5 heteroatoms. The number of hydrogen-bond acceptors (Lipinski definition) is 4. The van der Waals surface area contributed by atoms with E-state index in [1.165, 1.54) is 19.4 Å². The first kappa shape index (κ1) is 15.7. The standard InChI is InChI=1S/C15H30N4O/c1-4-17-15(14(16)20,12-7-8-12)11-18(2)10-13-6-5-9-19(13)3/h12-13,17H,4-11H2,1-3H3,(H2,16,20). The number of hydrogen-bond donors (Lipinski definition) is 2. The normalized spacial score (nSPS) is 26.9. The Morgan fingerprint density at radius 1 is 1.45 bits per heavy atom. The van der Waals surface area contributed by atoms with Gasteiger partial charge in [-0.25, -0.2) is 0 Å². The van der Waals surface area contributed by atoms with Crippen LogP contribution in [0.2, 0.25) is 0 Å². The zero-order chi connectivity index (χ0) is 14.8. The average molecular weight is 282 g/mol. The minimum Gasteiger partial charge on any atom is -0.368 e. The number of carbonyl (C=O) groups excluding carboxylic acids is 1. The van der Waals surface area contributed by atoms with Gasteiger partial charge >= 0.3 is 0 Å². The number of carbonyl (C=O) groups is 1. The van der Waals surface area contributed by atoms with Crippen LogP contribution in [0.4, 0.5) is 0 Å². The number of primary amides is 1. The molecular formula is C15H30N4O. The lowest BCUT2D eigenvalue weighted by Crippen LogP contribution is -2.63. The molecule has 1 aliphatic heterocycles. The van der Waals surface area contributed by atoms with Crippen LogP contribution in [0.15, 0.2) is 0 Å². The van der Waals surface area contributed by atoms with Crippen molar-refractivity contribution in [3.63, 3.8) is 0 Å². The van der Waals surface area contributed by atoms with Gasteiger partial charge in [-0.15, -0.1) is 0 Å². The zero-order valence-corrected chi connectivity index (χ0v) is 13.2. The lowest BCUT2D eigenvalue weighted by molar-refractivity contribution is -0.126. The van der Waals surface area contributed by atoms with Gasteiger partial charge in [-0.2, -0.15) is 0 Å². The number of rotatable bonds is 8. The molecule has 2 atom stereocenters. The molecule has 0 radical (unpaired) electrons. The minimum absolute atomic E-state index is 0.187. The van der Waals surface area contributed by atoms with Crippen LogP contribution in [0.25, 0.3) is 0 Å². The molecule has 0 aromatic rings. The molecule has 0 aromatic carbocycles. The second kappa shape index (κ2) is 6.41. The molecule has 3 N–H and O–H groups in total. The first-order valence-corrected chi connectivity index (χ1v) is 7.93. The molecule has 2 aliphatic rings. The fraction of sp³-hybridized carbons (Fsp3) is 0.933. The van der Waals surface area contributed by atoms with Crippen LogP contribution in [0.1, 0.15) is 32.6 Å². The second-order valence-corrected chi connectivity index (χ2v) is 6.61. The number of amides is 1. The van der Waals surface area contributed by atoms with Gasteiger partial charge in [-0.05, 0) is 58.8 Å². The SMILES string of the molecule is CCNC(CN(C)CC1CCCN1C)(C(N)=O)C1CC1. The van der Waals surface area contributed by atoms with Crippen LogP contribution < -0.4 is 11.1 Å². The molecular weight excluding hydrogens is 252 g/mol. The van der Waals surface area contributed by atoms with Crippen LogP contribution in [0.3, 0.4) is 0 Å². The number of nitrogens with one attached hydrogen (secondary N) is 1. The molecule has 20 heavy (non-hydrogen) atoms. The fourth-order valence-corrected chi connectivity index (χ4v) is 3.65. The summed E-state index contributed by atoms with van der Waals surface area (Å²) in [7, 11) is 4.31. The molecule has 1 saturated carbocycles. The molecule has 116 valence electrons. The van der Waals surface area contributed by atoms with Gasteiger partial charge in [0.25, 0.3) is 0 Å². The topological polar surface area (TPSA) is 61.6 Å². The molecule has 2 unspecified atom stereocenters. The number of likely N-dealkylation sites (N-methyl/N-ethyl adjacent to an activating group) is 3. The quantitative estimate of drug-likeness (QED) is 0.670. The minimum atomic E-state index is -0.527. The molecule has 1 amide bonds. The van der Waals surface area contributed by atoms with Crippen LogP contribution in [-0.4, -0.2) is 67.6 Å². The first-order chi connectivity index (χ1) is 9.49. The van der Waals surface area contributed by atoms with Gasteiger partial charge < -0.3 is 20.9 Å². The van der Waals surface area contributed by atoms with E-state index < -0.39 is 5.54 Å². The summed E-state index contributed by atoms with van der Waals surface area (Å²) in [5.74, 6) is 0.234. The van der Waals surface area contributed by atoms with Crippen molar-refractivity contribution in [2.45, 2.75) is 44.2 Å². The Balaban J connectivity index is 1.97. The van der Waals surface area contributed by atoms with Gasteiger partial charge in [0.2, 0.25) is 5.91 Å². The highest BCUT2D eigenvalue weighted by Gasteiger charge is 2.49.